The smallest absolute Gasteiger partial charge is 0.360 e. The molecule has 19 heavy (non-hydrogen) atoms. The second kappa shape index (κ2) is 6.05. The van der Waals surface area contributed by atoms with Crippen molar-refractivity contribution in [1.29, 1.82) is 0 Å². The number of nitrogens with zero attached hydrogens (tertiary/aromatic N) is 4. The topological polar surface area (TPSA) is 79.1 Å². The molecule has 0 N–H and O–H groups in total. The molecule has 0 fully saturated rings. The molecule has 2 aromatic heterocycles. The Bertz CT molecular complexity index is 553. The van der Waals surface area contributed by atoms with Gasteiger partial charge in [0.2, 0.25) is 0 Å². The van der Waals surface area contributed by atoms with E-state index in [2.05, 4.69) is 20.0 Å². The Balaban J connectivity index is 2.30. The average molecular weight is 262 g/mol. The van der Waals surface area contributed by atoms with E-state index < -0.39 is 5.97 Å². The first-order valence-corrected chi connectivity index (χ1v) is 5.64. The van der Waals surface area contributed by atoms with Gasteiger partial charge in [-0.25, -0.2) is 9.48 Å². The number of pyridine rings is 1. The van der Waals surface area contributed by atoms with Gasteiger partial charge in [-0.05, 0) is 17.7 Å². The van der Waals surface area contributed by atoms with Crippen molar-refractivity contribution in [2.45, 2.75) is 13.2 Å². The highest BCUT2D eigenvalue weighted by Crippen LogP contribution is 2.10. The van der Waals surface area contributed by atoms with Gasteiger partial charge in [0.1, 0.15) is 0 Å². The Kier molecular flexibility index (Phi) is 4.19. The molecular formula is C12H14N4O3. The molecule has 0 bridgehead atoms. The number of ether oxygens (including phenoxy) is 2. The highest BCUT2D eigenvalue weighted by atomic mass is 16.5. The lowest BCUT2D eigenvalue weighted by molar-refractivity contribution is 0.0588. The summed E-state index contributed by atoms with van der Waals surface area (Å²) in [5.74, 6) is -0.520. The molecule has 0 radical (unpaired) electrons. The zero-order valence-electron chi connectivity index (χ0n) is 10.7. The number of carbonyl (C=O) groups excluding carboxylic acids is 1. The lowest BCUT2D eigenvalue weighted by Gasteiger charge is -2.06. The van der Waals surface area contributed by atoms with Gasteiger partial charge in [-0.1, -0.05) is 5.21 Å². The van der Waals surface area contributed by atoms with Crippen LogP contribution >= 0.6 is 0 Å². The van der Waals surface area contributed by atoms with Crippen molar-refractivity contribution in [3.05, 3.63) is 41.5 Å². The number of carbonyl (C=O) groups is 1. The maximum absolute atomic E-state index is 11.6. The van der Waals surface area contributed by atoms with Crippen LogP contribution in [-0.2, 0) is 22.6 Å². The number of hydrogen-bond acceptors (Lipinski definition) is 6. The average Bonchev–Trinajstić information content (AvgIpc) is 2.83. The number of rotatable bonds is 5. The molecule has 0 saturated heterocycles. The summed E-state index contributed by atoms with van der Waals surface area (Å²) >= 11 is 0. The van der Waals surface area contributed by atoms with Gasteiger partial charge in [0.05, 0.1) is 26.0 Å². The van der Waals surface area contributed by atoms with E-state index >= 15 is 0 Å². The second-order valence-corrected chi connectivity index (χ2v) is 3.82. The minimum atomic E-state index is -0.520. The minimum absolute atomic E-state index is 0.179. The van der Waals surface area contributed by atoms with Crippen LogP contribution in [0.3, 0.4) is 0 Å². The van der Waals surface area contributed by atoms with Crippen LogP contribution in [-0.4, -0.2) is 40.2 Å². The summed E-state index contributed by atoms with van der Waals surface area (Å²) in [5, 5.41) is 7.81. The molecule has 0 aliphatic heterocycles. The predicted molar refractivity (Wildman–Crippen MR) is 65.4 cm³/mol. The monoisotopic (exact) mass is 262 g/mol. The molecule has 2 rings (SSSR count). The standard InChI is InChI=1S/C12H14N4O3/c1-18-8-10-11(12(17)19-2)14-15-16(10)7-9-3-5-13-6-4-9/h3-6H,7-8H2,1-2H3. The van der Waals surface area contributed by atoms with E-state index in [1.165, 1.54) is 7.11 Å². The maximum atomic E-state index is 11.6. The molecule has 0 spiro atoms. The second-order valence-electron chi connectivity index (χ2n) is 3.82. The van der Waals surface area contributed by atoms with Crippen LogP contribution in [0.1, 0.15) is 21.7 Å². The molecular weight excluding hydrogens is 248 g/mol. The van der Waals surface area contributed by atoms with Crippen LogP contribution in [0.5, 0.6) is 0 Å². The van der Waals surface area contributed by atoms with Gasteiger partial charge in [0, 0.05) is 19.5 Å². The fourth-order valence-corrected chi connectivity index (χ4v) is 1.66. The van der Waals surface area contributed by atoms with E-state index in [-0.39, 0.29) is 12.3 Å². The minimum Gasteiger partial charge on any atom is -0.464 e. The SMILES string of the molecule is COCc1c(C(=O)OC)nnn1Cc1ccncc1. The molecule has 0 atom stereocenters. The molecule has 100 valence electrons. The van der Waals surface area contributed by atoms with Crippen LogP contribution in [0, 0.1) is 0 Å². The van der Waals surface area contributed by atoms with Crippen LogP contribution in [0.2, 0.25) is 0 Å². The molecule has 7 nitrogen and oxygen atoms in total. The van der Waals surface area contributed by atoms with Crippen molar-refractivity contribution in [2.24, 2.45) is 0 Å². The Morgan fingerprint density at radius 3 is 2.68 bits per heavy atom. The first kappa shape index (κ1) is 13.2. The molecule has 0 aromatic carbocycles. The van der Waals surface area contributed by atoms with Crippen LogP contribution in [0.15, 0.2) is 24.5 Å². The first-order chi connectivity index (χ1) is 9.26. The van der Waals surface area contributed by atoms with Gasteiger partial charge in [-0.2, -0.15) is 0 Å². The highest BCUT2D eigenvalue weighted by molar-refractivity contribution is 5.88. The Labute approximate surface area is 110 Å². The predicted octanol–water partition coefficient (Wildman–Crippen LogP) is 0.654. The van der Waals surface area contributed by atoms with E-state index in [1.807, 2.05) is 12.1 Å². The number of esters is 1. The van der Waals surface area contributed by atoms with Crippen molar-refractivity contribution in [1.82, 2.24) is 20.0 Å². The van der Waals surface area contributed by atoms with Crippen molar-refractivity contribution >= 4 is 5.97 Å². The van der Waals surface area contributed by atoms with Gasteiger partial charge in [-0.3, -0.25) is 4.98 Å². The van der Waals surface area contributed by atoms with Gasteiger partial charge in [-0.15, -0.1) is 5.10 Å². The third kappa shape index (κ3) is 2.94. The van der Waals surface area contributed by atoms with Crippen LogP contribution in [0.4, 0.5) is 0 Å². The summed E-state index contributed by atoms with van der Waals surface area (Å²) in [5.41, 5.74) is 1.78. The van der Waals surface area contributed by atoms with Crippen molar-refractivity contribution in [3.8, 4) is 0 Å². The zero-order chi connectivity index (χ0) is 13.7. The fourth-order valence-electron chi connectivity index (χ4n) is 1.66. The highest BCUT2D eigenvalue weighted by Gasteiger charge is 2.20. The third-order valence-electron chi connectivity index (χ3n) is 2.58. The summed E-state index contributed by atoms with van der Waals surface area (Å²) in [6.45, 7) is 0.730. The molecule has 0 aliphatic rings. The molecule has 0 amide bonds. The molecule has 0 unspecified atom stereocenters. The zero-order valence-corrected chi connectivity index (χ0v) is 10.7. The summed E-state index contributed by atoms with van der Waals surface area (Å²) < 4.78 is 11.4. The van der Waals surface area contributed by atoms with E-state index in [0.29, 0.717) is 12.2 Å². The Morgan fingerprint density at radius 2 is 2.05 bits per heavy atom. The Morgan fingerprint density at radius 1 is 1.32 bits per heavy atom. The van der Waals surface area contributed by atoms with Crippen molar-refractivity contribution in [2.75, 3.05) is 14.2 Å². The molecule has 2 aromatic rings. The van der Waals surface area contributed by atoms with Crippen molar-refractivity contribution < 1.29 is 14.3 Å². The van der Waals surface area contributed by atoms with Gasteiger partial charge < -0.3 is 9.47 Å². The lowest BCUT2D eigenvalue weighted by atomic mass is 10.2. The van der Waals surface area contributed by atoms with Gasteiger partial charge >= 0.3 is 5.97 Å². The summed E-state index contributed by atoms with van der Waals surface area (Å²) in [6, 6.07) is 3.74. The maximum Gasteiger partial charge on any atom is 0.360 e. The molecule has 2 heterocycles. The quantitative estimate of drug-likeness (QED) is 0.736. The number of hydrogen-bond donors (Lipinski definition) is 0. The van der Waals surface area contributed by atoms with Crippen LogP contribution < -0.4 is 0 Å². The van der Waals surface area contributed by atoms with E-state index in [4.69, 9.17) is 4.74 Å². The number of methoxy groups -OCH3 is 2. The van der Waals surface area contributed by atoms with E-state index in [9.17, 15) is 4.79 Å². The first-order valence-electron chi connectivity index (χ1n) is 5.64. The normalized spacial score (nSPS) is 10.4. The summed E-state index contributed by atoms with van der Waals surface area (Å²) in [4.78, 5) is 15.5. The molecule has 7 heteroatoms. The fraction of sp³-hybridized carbons (Fsp3) is 0.333. The Hall–Kier alpha value is -2.28. The van der Waals surface area contributed by atoms with Gasteiger partial charge in [0.25, 0.3) is 0 Å². The molecule has 0 aliphatic carbocycles. The largest absolute Gasteiger partial charge is 0.464 e. The molecule has 0 saturated carbocycles. The van der Waals surface area contributed by atoms with Gasteiger partial charge in [0.15, 0.2) is 5.69 Å². The van der Waals surface area contributed by atoms with Crippen molar-refractivity contribution in [3.63, 3.8) is 0 Å². The summed E-state index contributed by atoms with van der Waals surface area (Å²) in [6.07, 6.45) is 3.40. The number of aromatic nitrogens is 4. The van der Waals surface area contributed by atoms with E-state index in [0.717, 1.165) is 5.56 Å². The van der Waals surface area contributed by atoms with Crippen LogP contribution in [0.25, 0.3) is 0 Å². The summed E-state index contributed by atoms with van der Waals surface area (Å²) in [7, 11) is 2.85. The lowest BCUT2D eigenvalue weighted by Crippen LogP contribution is -2.11. The third-order valence-corrected chi connectivity index (χ3v) is 2.58. The van der Waals surface area contributed by atoms with E-state index in [1.54, 1.807) is 24.2 Å².